The highest BCUT2D eigenvalue weighted by Gasteiger charge is 2.25. The molecule has 0 spiro atoms. The van der Waals surface area contributed by atoms with E-state index in [0.717, 1.165) is 12.3 Å². The predicted octanol–water partition coefficient (Wildman–Crippen LogP) is 2.83. The van der Waals surface area contributed by atoms with Crippen molar-refractivity contribution in [2.24, 2.45) is 0 Å². The summed E-state index contributed by atoms with van der Waals surface area (Å²) in [6.07, 6.45) is 1.23. The number of benzene rings is 1. The van der Waals surface area contributed by atoms with E-state index in [0.29, 0.717) is 18.1 Å². The van der Waals surface area contributed by atoms with Crippen molar-refractivity contribution >= 4 is 0 Å². The first-order valence-electron chi connectivity index (χ1n) is 7.24. The number of nitrogens with zero attached hydrogens (tertiary/aromatic N) is 1. The molecule has 1 heterocycles. The molecule has 3 nitrogen and oxygen atoms in total. The highest BCUT2D eigenvalue weighted by atomic mass is 16.5. The Morgan fingerprint density at radius 3 is 2.63 bits per heavy atom. The summed E-state index contributed by atoms with van der Waals surface area (Å²) in [6.45, 7) is 9.11. The summed E-state index contributed by atoms with van der Waals surface area (Å²) in [5, 5.41) is 3.73. The van der Waals surface area contributed by atoms with Gasteiger partial charge in [0.1, 0.15) is 5.75 Å². The van der Waals surface area contributed by atoms with Crippen LogP contribution in [0.5, 0.6) is 5.75 Å². The van der Waals surface area contributed by atoms with Crippen LogP contribution in [0.25, 0.3) is 0 Å². The first-order valence-corrected chi connectivity index (χ1v) is 7.24. The number of hydrogen-bond donors (Lipinski definition) is 1. The Balaban J connectivity index is 1.96. The van der Waals surface area contributed by atoms with Crippen LogP contribution in [-0.4, -0.2) is 37.2 Å². The molecule has 2 atom stereocenters. The Kier molecular flexibility index (Phi) is 4.83. The van der Waals surface area contributed by atoms with E-state index in [2.05, 4.69) is 43.1 Å². The molecule has 1 aliphatic rings. The molecule has 3 heteroatoms. The lowest BCUT2D eigenvalue weighted by molar-refractivity contribution is 0.265. The van der Waals surface area contributed by atoms with Gasteiger partial charge in [-0.25, -0.2) is 0 Å². The van der Waals surface area contributed by atoms with E-state index >= 15 is 0 Å². The van der Waals surface area contributed by atoms with Crippen molar-refractivity contribution in [1.82, 2.24) is 10.2 Å². The topological polar surface area (TPSA) is 24.5 Å². The fourth-order valence-corrected chi connectivity index (χ4v) is 2.86. The lowest BCUT2D eigenvalue weighted by Crippen LogP contribution is -2.36. The molecule has 0 saturated carbocycles. The number of ether oxygens (including phenoxy) is 1. The summed E-state index contributed by atoms with van der Waals surface area (Å²) in [6, 6.07) is 9.83. The van der Waals surface area contributed by atoms with Gasteiger partial charge in [-0.3, -0.25) is 4.90 Å². The smallest absolute Gasteiger partial charge is 0.123 e. The average molecular weight is 262 g/mol. The molecule has 1 aromatic carbocycles. The number of hydrogen-bond acceptors (Lipinski definition) is 3. The zero-order chi connectivity index (χ0) is 13.8. The third kappa shape index (κ3) is 3.48. The Bertz CT molecular complexity index is 405. The second kappa shape index (κ2) is 6.40. The maximum Gasteiger partial charge on any atom is 0.123 e. The number of rotatable bonds is 5. The normalized spacial score (nSPS) is 21.8. The van der Waals surface area contributed by atoms with E-state index in [4.69, 9.17) is 4.74 Å². The van der Waals surface area contributed by atoms with Crippen LogP contribution in [0.2, 0.25) is 0 Å². The molecule has 19 heavy (non-hydrogen) atoms. The molecule has 1 aliphatic heterocycles. The van der Waals surface area contributed by atoms with E-state index in [1.54, 1.807) is 7.11 Å². The second-order valence-corrected chi connectivity index (χ2v) is 5.70. The van der Waals surface area contributed by atoms with E-state index in [9.17, 15) is 0 Å². The van der Waals surface area contributed by atoms with Crippen LogP contribution in [0.1, 0.15) is 38.8 Å². The van der Waals surface area contributed by atoms with Gasteiger partial charge in [0.2, 0.25) is 0 Å². The van der Waals surface area contributed by atoms with Crippen LogP contribution in [0, 0.1) is 0 Å². The van der Waals surface area contributed by atoms with Crippen LogP contribution in [0.4, 0.5) is 0 Å². The van der Waals surface area contributed by atoms with Crippen LogP contribution in [0.3, 0.4) is 0 Å². The standard InChI is InChI=1S/C16H26N2O/c1-12(2)18-10-9-14(11-18)17-13(3)15-7-5-6-8-16(15)19-4/h5-8,12-14,17H,9-11H2,1-4H3/t13-,14?/m1/s1. The molecule has 106 valence electrons. The zero-order valence-electron chi connectivity index (χ0n) is 12.5. The first-order chi connectivity index (χ1) is 9.11. The third-order valence-electron chi connectivity index (χ3n) is 4.04. The van der Waals surface area contributed by atoms with E-state index in [1.165, 1.54) is 18.5 Å². The number of nitrogens with one attached hydrogen (secondary N) is 1. The largest absolute Gasteiger partial charge is 0.496 e. The Morgan fingerprint density at radius 1 is 1.26 bits per heavy atom. The van der Waals surface area contributed by atoms with Crippen molar-refractivity contribution in [2.45, 2.75) is 45.3 Å². The molecular formula is C16H26N2O. The summed E-state index contributed by atoms with van der Waals surface area (Å²) in [5.41, 5.74) is 1.24. The van der Waals surface area contributed by atoms with Crippen molar-refractivity contribution in [3.63, 3.8) is 0 Å². The molecule has 0 bridgehead atoms. The quantitative estimate of drug-likeness (QED) is 0.883. The molecule has 0 aromatic heterocycles. The Morgan fingerprint density at radius 2 is 2.00 bits per heavy atom. The molecule has 1 N–H and O–H groups in total. The Labute approximate surface area is 116 Å². The van der Waals surface area contributed by atoms with Crippen molar-refractivity contribution in [3.05, 3.63) is 29.8 Å². The number of para-hydroxylation sites is 1. The molecule has 1 fully saturated rings. The van der Waals surface area contributed by atoms with Crippen LogP contribution < -0.4 is 10.1 Å². The van der Waals surface area contributed by atoms with Crippen molar-refractivity contribution in [1.29, 1.82) is 0 Å². The van der Waals surface area contributed by atoms with Crippen molar-refractivity contribution < 1.29 is 4.74 Å². The van der Waals surface area contributed by atoms with E-state index < -0.39 is 0 Å². The van der Waals surface area contributed by atoms with Crippen LogP contribution >= 0.6 is 0 Å². The van der Waals surface area contributed by atoms with E-state index in [1.807, 2.05) is 12.1 Å². The van der Waals surface area contributed by atoms with Crippen molar-refractivity contribution in [2.75, 3.05) is 20.2 Å². The van der Waals surface area contributed by atoms with Gasteiger partial charge in [0, 0.05) is 30.2 Å². The maximum atomic E-state index is 5.44. The SMILES string of the molecule is COc1ccccc1[C@@H](C)NC1CCN(C(C)C)C1. The molecule has 1 saturated heterocycles. The minimum Gasteiger partial charge on any atom is -0.496 e. The van der Waals surface area contributed by atoms with Gasteiger partial charge in [-0.05, 0) is 39.8 Å². The minimum atomic E-state index is 0.327. The molecule has 0 aliphatic carbocycles. The fraction of sp³-hybridized carbons (Fsp3) is 0.625. The Hall–Kier alpha value is -1.06. The lowest BCUT2D eigenvalue weighted by Gasteiger charge is -2.23. The molecule has 2 rings (SSSR count). The summed E-state index contributed by atoms with van der Waals surface area (Å²) < 4.78 is 5.44. The predicted molar refractivity (Wildman–Crippen MR) is 79.7 cm³/mol. The van der Waals surface area contributed by atoms with E-state index in [-0.39, 0.29) is 0 Å². The fourth-order valence-electron chi connectivity index (χ4n) is 2.86. The molecular weight excluding hydrogens is 236 g/mol. The van der Waals surface area contributed by atoms with Gasteiger partial charge in [0.25, 0.3) is 0 Å². The highest BCUT2D eigenvalue weighted by Crippen LogP contribution is 2.25. The monoisotopic (exact) mass is 262 g/mol. The van der Waals surface area contributed by atoms with Gasteiger partial charge in [0.15, 0.2) is 0 Å². The molecule has 1 unspecified atom stereocenters. The molecule has 0 amide bonds. The summed E-state index contributed by atoms with van der Waals surface area (Å²) in [4.78, 5) is 2.53. The van der Waals surface area contributed by atoms with Gasteiger partial charge in [0.05, 0.1) is 7.11 Å². The second-order valence-electron chi connectivity index (χ2n) is 5.70. The third-order valence-corrected chi connectivity index (χ3v) is 4.04. The first kappa shape index (κ1) is 14.4. The van der Waals surface area contributed by atoms with Gasteiger partial charge in [-0.2, -0.15) is 0 Å². The maximum absolute atomic E-state index is 5.44. The summed E-state index contributed by atoms with van der Waals surface area (Å²) in [5.74, 6) is 0.973. The number of methoxy groups -OCH3 is 1. The van der Waals surface area contributed by atoms with Crippen molar-refractivity contribution in [3.8, 4) is 5.75 Å². The van der Waals surface area contributed by atoms with Gasteiger partial charge in [-0.1, -0.05) is 18.2 Å². The highest BCUT2D eigenvalue weighted by molar-refractivity contribution is 5.35. The summed E-state index contributed by atoms with van der Waals surface area (Å²) >= 11 is 0. The molecule has 1 aromatic rings. The van der Waals surface area contributed by atoms with Crippen LogP contribution in [0.15, 0.2) is 24.3 Å². The van der Waals surface area contributed by atoms with Gasteiger partial charge >= 0.3 is 0 Å². The van der Waals surface area contributed by atoms with Gasteiger partial charge < -0.3 is 10.1 Å². The molecule has 0 radical (unpaired) electrons. The van der Waals surface area contributed by atoms with Crippen LogP contribution in [-0.2, 0) is 0 Å². The minimum absolute atomic E-state index is 0.327. The zero-order valence-corrected chi connectivity index (χ0v) is 12.5. The summed E-state index contributed by atoms with van der Waals surface area (Å²) in [7, 11) is 1.74. The van der Waals surface area contributed by atoms with Gasteiger partial charge in [-0.15, -0.1) is 0 Å². The average Bonchev–Trinajstić information content (AvgIpc) is 2.87. The number of likely N-dealkylation sites (tertiary alicyclic amines) is 1. The lowest BCUT2D eigenvalue weighted by atomic mass is 10.1.